The van der Waals surface area contributed by atoms with Crippen LogP contribution in [0.5, 0.6) is 0 Å². The lowest BCUT2D eigenvalue weighted by atomic mass is 10.0. The first kappa shape index (κ1) is 17.4. The summed E-state index contributed by atoms with van der Waals surface area (Å²) in [6.07, 6.45) is -0.711. The van der Waals surface area contributed by atoms with Crippen LogP contribution in [0.25, 0.3) is 10.9 Å². The van der Waals surface area contributed by atoms with Crippen molar-refractivity contribution in [2.75, 3.05) is 19.8 Å². The number of pyridine rings is 1. The number of aryl methyl sites for hydroxylation is 3. The van der Waals surface area contributed by atoms with Gasteiger partial charge in [0.05, 0.1) is 23.8 Å². The minimum Gasteiger partial charge on any atom is -0.389 e. The molecule has 2 aromatic rings. The number of benzene rings is 1. The monoisotopic (exact) mass is 316 g/mol. The highest BCUT2D eigenvalue weighted by Crippen LogP contribution is 2.23. The van der Waals surface area contributed by atoms with Crippen LogP contribution in [0, 0.1) is 20.8 Å². The Kier molecular flexibility index (Phi) is 5.69. The standard InChI is InChI=1S/C18H24N2O3/c1-5-23-10-14(21)9-19-18(22)16-8-12(3)20-17-13(4)11(2)6-7-15(16)17/h6-8,14,21H,5,9-10H2,1-4H3,(H,19,22). The van der Waals surface area contributed by atoms with E-state index in [-0.39, 0.29) is 19.1 Å². The Morgan fingerprint density at radius 2 is 2.09 bits per heavy atom. The number of hydrogen-bond acceptors (Lipinski definition) is 4. The van der Waals surface area contributed by atoms with Crippen LogP contribution in [0.3, 0.4) is 0 Å². The van der Waals surface area contributed by atoms with Crippen LogP contribution in [0.15, 0.2) is 18.2 Å². The molecular formula is C18H24N2O3. The molecule has 1 atom stereocenters. The molecule has 0 aliphatic rings. The highest BCUT2D eigenvalue weighted by molar-refractivity contribution is 6.07. The van der Waals surface area contributed by atoms with E-state index >= 15 is 0 Å². The number of carbonyl (C=O) groups is 1. The fourth-order valence-electron chi connectivity index (χ4n) is 2.46. The predicted molar refractivity (Wildman–Crippen MR) is 90.8 cm³/mol. The molecule has 1 unspecified atom stereocenters. The average molecular weight is 316 g/mol. The van der Waals surface area contributed by atoms with E-state index in [1.807, 2.05) is 39.8 Å². The van der Waals surface area contributed by atoms with Gasteiger partial charge in [-0.2, -0.15) is 0 Å². The second-order valence-electron chi connectivity index (χ2n) is 5.74. The molecule has 0 aliphatic heterocycles. The zero-order valence-electron chi connectivity index (χ0n) is 14.1. The Morgan fingerprint density at radius 1 is 1.35 bits per heavy atom. The summed E-state index contributed by atoms with van der Waals surface area (Å²) in [6, 6.07) is 5.70. The van der Waals surface area contributed by atoms with Crippen molar-refractivity contribution < 1.29 is 14.6 Å². The van der Waals surface area contributed by atoms with Crippen LogP contribution in [0.1, 0.15) is 34.1 Å². The van der Waals surface area contributed by atoms with Crippen molar-refractivity contribution >= 4 is 16.8 Å². The Bertz CT molecular complexity index is 713. The van der Waals surface area contributed by atoms with Gasteiger partial charge in [-0.05, 0) is 44.9 Å². The van der Waals surface area contributed by atoms with Gasteiger partial charge in [-0.15, -0.1) is 0 Å². The minimum absolute atomic E-state index is 0.159. The summed E-state index contributed by atoms with van der Waals surface area (Å²) < 4.78 is 5.14. The molecule has 23 heavy (non-hydrogen) atoms. The van der Waals surface area contributed by atoms with Crippen LogP contribution < -0.4 is 5.32 Å². The van der Waals surface area contributed by atoms with Crippen molar-refractivity contribution in [2.45, 2.75) is 33.8 Å². The number of nitrogens with zero attached hydrogens (tertiary/aromatic N) is 1. The minimum atomic E-state index is -0.711. The van der Waals surface area contributed by atoms with E-state index in [1.54, 1.807) is 6.07 Å². The van der Waals surface area contributed by atoms with E-state index in [1.165, 1.54) is 0 Å². The molecule has 1 amide bonds. The summed E-state index contributed by atoms with van der Waals surface area (Å²) in [5, 5.41) is 13.4. The second-order valence-corrected chi connectivity index (χ2v) is 5.74. The van der Waals surface area contributed by atoms with Gasteiger partial charge in [-0.3, -0.25) is 9.78 Å². The molecule has 0 saturated carbocycles. The molecule has 0 saturated heterocycles. The number of aromatic nitrogens is 1. The summed E-state index contributed by atoms with van der Waals surface area (Å²) >= 11 is 0. The molecule has 2 N–H and O–H groups in total. The van der Waals surface area contributed by atoms with Crippen molar-refractivity contribution in [2.24, 2.45) is 0 Å². The normalized spacial score (nSPS) is 12.4. The third-order valence-corrected chi connectivity index (χ3v) is 3.89. The van der Waals surface area contributed by atoms with Gasteiger partial charge < -0.3 is 15.2 Å². The number of fused-ring (bicyclic) bond motifs is 1. The number of amides is 1. The molecular weight excluding hydrogens is 292 g/mol. The van der Waals surface area contributed by atoms with Crippen molar-refractivity contribution in [1.29, 1.82) is 0 Å². The first-order valence-corrected chi connectivity index (χ1v) is 7.85. The summed E-state index contributed by atoms with van der Waals surface area (Å²) in [6.45, 7) is 8.69. The van der Waals surface area contributed by atoms with Crippen molar-refractivity contribution in [3.8, 4) is 0 Å². The first-order chi connectivity index (χ1) is 10.9. The summed E-state index contributed by atoms with van der Waals surface area (Å²) in [5.74, 6) is -0.209. The number of nitrogens with one attached hydrogen (secondary N) is 1. The largest absolute Gasteiger partial charge is 0.389 e. The van der Waals surface area contributed by atoms with Crippen molar-refractivity contribution in [3.05, 3.63) is 40.6 Å². The lowest BCUT2D eigenvalue weighted by molar-refractivity contribution is 0.0418. The van der Waals surface area contributed by atoms with E-state index in [0.29, 0.717) is 12.2 Å². The van der Waals surface area contributed by atoms with E-state index in [2.05, 4.69) is 10.3 Å². The Hall–Kier alpha value is -1.98. The molecule has 0 aliphatic carbocycles. The van der Waals surface area contributed by atoms with Crippen LogP contribution in [-0.4, -0.2) is 41.9 Å². The fourth-order valence-corrected chi connectivity index (χ4v) is 2.46. The molecule has 1 aromatic heterocycles. The van der Waals surface area contributed by atoms with Crippen LogP contribution in [0.2, 0.25) is 0 Å². The molecule has 0 spiro atoms. The molecule has 0 radical (unpaired) electrons. The number of hydrogen-bond donors (Lipinski definition) is 2. The maximum absolute atomic E-state index is 12.5. The van der Waals surface area contributed by atoms with E-state index in [0.717, 1.165) is 27.7 Å². The zero-order chi connectivity index (χ0) is 17.0. The Balaban J connectivity index is 2.25. The van der Waals surface area contributed by atoms with Crippen molar-refractivity contribution in [3.63, 3.8) is 0 Å². The maximum Gasteiger partial charge on any atom is 0.252 e. The lowest BCUT2D eigenvalue weighted by Gasteiger charge is -2.14. The smallest absolute Gasteiger partial charge is 0.252 e. The fraction of sp³-hybridized carbons (Fsp3) is 0.444. The predicted octanol–water partition coefficient (Wildman–Crippen LogP) is 2.29. The Labute approximate surface area is 136 Å². The van der Waals surface area contributed by atoms with E-state index < -0.39 is 6.10 Å². The zero-order valence-corrected chi connectivity index (χ0v) is 14.1. The van der Waals surface area contributed by atoms with Crippen LogP contribution in [0.4, 0.5) is 0 Å². The van der Waals surface area contributed by atoms with Gasteiger partial charge in [-0.1, -0.05) is 12.1 Å². The van der Waals surface area contributed by atoms with Crippen LogP contribution >= 0.6 is 0 Å². The number of aliphatic hydroxyl groups is 1. The van der Waals surface area contributed by atoms with Gasteiger partial charge in [0, 0.05) is 24.2 Å². The summed E-state index contributed by atoms with van der Waals surface area (Å²) in [5.41, 5.74) is 4.46. The highest BCUT2D eigenvalue weighted by atomic mass is 16.5. The van der Waals surface area contributed by atoms with Gasteiger partial charge in [0.2, 0.25) is 0 Å². The first-order valence-electron chi connectivity index (χ1n) is 7.85. The lowest BCUT2D eigenvalue weighted by Crippen LogP contribution is -2.34. The molecule has 124 valence electrons. The number of carbonyl (C=O) groups excluding carboxylic acids is 1. The van der Waals surface area contributed by atoms with E-state index in [4.69, 9.17) is 4.74 Å². The molecule has 5 nitrogen and oxygen atoms in total. The van der Waals surface area contributed by atoms with E-state index in [9.17, 15) is 9.90 Å². The van der Waals surface area contributed by atoms with Gasteiger partial charge in [0.25, 0.3) is 5.91 Å². The topological polar surface area (TPSA) is 71.5 Å². The van der Waals surface area contributed by atoms with Gasteiger partial charge >= 0.3 is 0 Å². The number of ether oxygens (including phenoxy) is 1. The highest BCUT2D eigenvalue weighted by Gasteiger charge is 2.15. The number of rotatable bonds is 6. The number of aliphatic hydroxyl groups excluding tert-OH is 1. The molecule has 0 bridgehead atoms. The molecule has 1 aromatic carbocycles. The molecule has 1 heterocycles. The third kappa shape index (κ3) is 4.06. The van der Waals surface area contributed by atoms with Crippen molar-refractivity contribution in [1.82, 2.24) is 10.3 Å². The summed E-state index contributed by atoms with van der Waals surface area (Å²) in [4.78, 5) is 17.1. The SMILES string of the molecule is CCOCC(O)CNC(=O)c1cc(C)nc2c(C)c(C)ccc12. The Morgan fingerprint density at radius 3 is 2.78 bits per heavy atom. The summed E-state index contributed by atoms with van der Waals surface area (Å²) in [7, 11) is 0. The molecule has 5 heteroatoms. The van der Waals surface area contributed by atoms with Gasteiger partial charge in [-0.25, -0.2) is 0 Å². The van der Waals surface area contributed by atoms with Gasteiger partial charge in [0.15, 0.2) is 0 Å². The molecule has 0 fully saturated rings. The molecule has 2 rings (SSSR count). The van der Waals surface area contributed by atoms with Crippen LogP contribution in [-0.2, 0) is 4.74 Å². The maximum atomic E-state index is 12.5. The quantitative estimate of drug-likeness (QED) is 0.858. The second kappa shape index (κ2) is 7.53. The average Bonchev–Trinajstić information content (AvgIpc) is 2.53. The third-order valence-electron chi connectivity index (χ3n) is 3.89. The van der Waals surface area contributed by atoms with Gasteiger partial charge in [0.1, 0.15) is 0 Å².